The average Bonchev–Trinajstić information content (AvgIpc) is 2.26. The Morgan fingerprint density at radius 3 is 2.50 bits per heavy atom. The number of rotatable bonds is 1. The van der Waals surface area contributed by atoms with Crippen LogP contribution in [0.2, 0.25) is 0 Å². The lowest BCUT2D eigenvalue weighted by molar-refractivity contribution is 0.599. The van der Waals surface area contributed by atoms with Gasteiger partial charge in [-0.05, 0) is 55.5 Å². The van der Waals surface area contributed by atoms with E-state index in [2.05, 4.69) is 41.0 Å². The third-order valence-corrected chi connectivity index (χ3v) is 4.07. The van der Waals surface area contributed by atoms with Gasteiger partial charge in [0.25, 0.3) is 0 Å². The van der Waals surface area contributed by atoms with E-state index in [0.717, 1.165) is 20.2 Å². The summed E-state index contributed by atoms with van der Waals surface area (Å²) in [5.74, 6) is 0. The molecule has 0 atom stereocenters. The van der Waals surface area contributed by atoms with Gasteiger partial charge in [0.15, 0.2) is 0 Å². The second-order valence-corrected chi connectivity index (χ2v) is 5.29. The second kappa shape index (κ2) is 4.20. The molecule has 0 saturated carbocycles. The van der Waals surface area contributed by atoms with Crippen molar-refractivity contribution in [3.05, 3.63) is 43.8 Å². The summed E-state index contributed by atoms with van der Waals surface area (Å²) in [6.45, 7) is 6.29. The molecule has 2 nitrogen and oxygen atoms in total. The Labute approximate surface area is 108 Å². The van der Waals surface area contributed by atoms with Gasteiger partial charge in [0.1, 0.15) is 0 Å². The molecular formula is C13H14INO. The fraction of sp³-hybridized carbons (Fsp3) is 0.308. The van der Waals surface area contributed by atoms with Crippen LogP contribution in [0.1, 0.15) is 25.6 Å². The van der Waals surface area contributed by atoms with Crippen LogP contribution in [0.3, 0.4) is 0 Å². The zero-order chi connectivity index (χ0) is 11.9. The number of hydrogen-bond donors (Lipinski definition) is 0. The molecule has 3 heteroatoms. The highest BCUT2D eigenvalue weighted by molar-refractivity contribution is 14.1. The number of para-hydroxylation sites is 1. The van der Waals surface area contributed by atoms with Crippen molar-refractivity contribution >= 4 is 33.5 Å². The van der Waals surface area contributed by atoms with E-state index in [9.17, 15) is 4.79 Å². The van der Waals surface area contributed by atoms with Gasteiger partial charge in [0, 0.05) is 17.1 Å². The summed E-state index contributed by atoms with van der Waals surface area (Å²) in [4.78, 5) is 12.1. The third kappa shape index (κ3) is 1.67. The van der Waals surface area contributed by atoms with E-state index >= 15 is 0 Å². The van der Waals surface area contributed by atoms with Crippen molar-refractivity contribution < 1.29 is 0 Å². The van der Waals surface area contributed by atoms with Gasteiger partial charge in [-0.15, -0.1) is 0 Å². The predicted octanol–water partition coefficient (Wildman–Crippen LogP) is 3.50. The smallest absolute Gasteiger partial charge is 0.202 e. The van der Waals surface area contributed by atoms with Crippen molar-refractivity contribution in [3.63, 3.8) is 0 Å². The summed E-state index contributed by atoms with van der Waals surface area (Å²) in [7, 11) is 0. The molecule has 2 aromatic rings. The molecule has 0 N–H and O–H groups in total. The molecule has 2 rings (SSSR count). The van der Waals surface area contributed by atoms with Crippen LogP contribution < -0.4 is 5.43 Å². The Hall–Kier alpha value is -0.840. The Morgan fingerprint density at radius 2 is 1.88 bits per heavy atom. The van der Waals surface area contributed by atoms with Crippen LogP contribution >= 0.6 is 22.6 Å². The second-order valence-electron chi connectivity index (χ2n) is 4.21. The molecule has 0 amide bonds. The van der Waals surface area contributed by atoms with Crippen molar-refractivity contribution in [2.75, 3.05) is 0 Å². The van der Waals surface area contributed by atoms with Crippen LogP contribution in [-0.4, -0.2) is 4.57 Å². The van der Waals surface area contributed by atoms with E-state index in [1.165, 1.54) is 0 Å². The summed E-state index contributed by atoms with van der Waals surface area (Å²) >= 11 is 2.14. The molecule has 0 saturated heterocycles. The molecule has 0 unspecified atom stereocenters. The molecule has 0 spiro atoms. The SMILES string of the molecule is Cc1c(I)c(=O)c2ccccc2n1C(C)C. The molecule has 0 aliphatic carbocycles. The average molecular weight is 327 g/mol. The summed E-state index contributed by atoms with van der Waals surface area (Å²) in [5, 5.41) is 0.811. The molecule has 16 heavy (non-hydrogen) atoms. The van der Waals surface area contributed by atoms with E-state index in [0.29, 0.717) is 6.04 Å². The topological polar surface area (TPSA) is 22.0 Å². The maximum absolute atomic E-state index is 12.1. The minimum absolute atomic E-state index is 0.144. The highest BCUT2D eigenvalue weighted by Gasteiger charge is 2.12. The van der Waals surface area contributed by atoms with E-state index < -0.39 is 0 Å². The first-order valence-electron chi connectivity index (χ1n) is 5.33. The Kier molecular flexibility index (Phi) is 3.06. The molecule has 84 valence electrons. The quantitative estimate of drug-likeness (QED) is 0.735. The molecule has 1 aromatic heterocycles. The highest BCUT2D eigenvalue weighted by atomic mass is 127. The van der Waals surface area contributed by atoms with Gasteiger partial charge < -0.3 is 4.57 Å². The fourth-order valence-corrected chi connectivity index (χ4v) is 2.66. The number of aromatic nitrogens is 1. The summed E-state index contributed by atoms with van der Waals surface area (Å²) < 4.78 is 3.04. The number of halogens is 1. The Balaban J connectivity index is 3.04. The lowest BCUT2D eigenvalue weighted by Crippen LogP contribution is -2.18. The van der Waals surface area contributed by atoms with Crippen LogP contribution in [0.25, 0.3) is 10.9 Å². The third-order valence-electron chi connectivity index (χ3n) is 2.80. The minimum Gasteiger partial charge on any atom is -0.341 e. The van der Waals surface area contributed by atoms with Crippen molar-refractivity contribution in [2.24, 2.45) is 0 Å². The summed E-state index contributed by atoms with van der Waals surface area (Å²) in [6.07, 6.45) is 0. The zero-order valence-corrected chi connectivity index (χ0v) is 11.8. The maximum atomic E-state index is 12.1. The predicted molar refractivity (Wildman–Crippen MR) is 76.0 cm³/mol. The summed E-state index contributed by atoms with van der Waals surface area (Å²) in [5.41, 5.74) is 2.23. The molecule has 0 bridgehead atoms. The van der Waals surface area contributed by atoms with E-state index in [1.807, 2.05) is 31.2 Å². The van der Waals surface area contributed by atoms with E-state index in [-0.39, 0.29) is 5.43 Å². The first kappa shape index (κ1) is 11.6. The molecule has 1 heterocycles. The lowest BCUT2D eigenvalue weighted by Gasteiger charge is -2.19. The number of benzene rings is 1. The maximum Gasteiger partial charge on any atom is 0.202 e. The van der Waals surface area contributed by atoms with Gasteiger partial charge >= 0.3 is 0 Å². The summed E-state index contributed by atoms with van der Waals surface area (Å²) in [6, 6.07) is 8.17. The van der Waals surface area contributed by atoms with E-state index in [4.69, 9.17) is 0 Å². The standard InChI is InChI=1S/C13H14INO/c1-8(2)15-9(3)12(14)13(16)10-6-4-5-7-11(10)15/h4-8H,1-3H3. The first-order valence-corrected chi connectivity index (χ1v) is 6.41. The van der Waals surface area contributed by atoms with Crippen molar-refractivity contribution in [1.82, 2.24) is 4.57 Å². The highest BCUT2D eigenvalue weighted by Crippen LogP contribution is 2.21. The monoisotopic (exact) mass is 327 g/mol. The van der Waals surface area contributed by atoms with Crippen LogP contribution in [0, 0.1) is 10.5 Å². The fourth-order valence-electron chi connectivity index (χ4n) is 2.11. The Bertz CT molecular complexity index is 599. The molecule has 0 radical (unpaired) electrons. The molecular weight excluding hydrogens is 313 g/mol. The minimum atomic E-state index is 0.144. The van der Waals surface area contributed by atoms with Gasteiger partial charge in [-0.3, -0.25) is 4.79 Å². The van der Waals surface area contributed by atoms with Crippen LogP contribution in [0.15, 0.2) is 29.1 Å². The van der Waals surface area contributed by atoms with Gasteiger partial charge in [-0.1, -0.05) is 12.1 Å². The number of fused-ring (bicyclic) bond motifs is 1. The molecule has 0 aliphatic heterocycles. The van der Waals surface area contributed by atoms with Gasteiger partial charge in [0.2, 0.25) is 5.43 Å². The van der Waals surface area contributed by atoms with Crippen LogP contribution in [-0.2, 0) is 0 Å². The van der Waals surface area contributed by atoms with E-state index in [1.54, 1.807) is 0 Å². The molecule has 1 aromatic carbocycles. The van der Waals surface area contributed by atoms with Crippen LogP contribution in [0.5, 0.6) is 0 Å². The van der Waals surface area contributed by atoms with Crippen molar-refractivity contribution in [3.8, 4) is 0 Å². The number of pyridine rings is 1. The van der Waals surface area contributed by atoms with Crippen LogP contribution in [0.4, 0.5) is 0 Å². The zero-order valence-electron chi connectivity index (χ0n) is 9.62. The van der Waals surface area contributed by atoms with Gasteiger partial charge in [0.05, 0.1) is 9.09 Å². The first-order chi connectivity index (χ1) is 7.54. The Morgan fingerprint density at radius 1 is 1.25 bits per heavy atom. The van der Waals surface area contributed by atoms with Crippen molar-refractivity contribution in [2.45, 2.75) is 26.8 Å². The normalized spacial score (nSPS) is 11.3. The molecule has 0 fully saturated rings. The van der Waals surface area contributed by atoms with Gasteiger partial charge in [-0.2, -0.15) is 0 Å². The molecule has 0 aliphatic rings. The van der Waals surface area contributed by atoms with Gasteiger partial charge in [-0.25, -0.2) is 0 Å². The number of hydrogen-bond acceptors (Lipinski definition) is 1. The largest absolute Gasteiger partial charge is 0.341 e. The lowest BCUT2D eigenvalue weighted by atomic mass is 10.1. The van der Waals surface area contributed by atoms with Crippen molar-refractivity contribution in [1.29, 1.82) is 0 Å². The number of nitrogens with zero attached hydrogens (tertiary/aromatic N) is 1.